The van der Waals surface area contributed by atoms with Gasteiger partial charge in [0.25, 0.3) is 5.91 Å². The molecule has 1 aromatic rings. The molecule has 0 aliphatic carbocycles. The molecule has 0 bridgehead atoms. The van der Waals surface area contributed by atoms with Crippen molar-refractivity contribution in [2.45, 2.75) is 58.8 Å². The number of amides is 1. The molecule has 2 aliphatic rings. The summed E-state index contributed by atoms with van der Waals surface area (Å²) < 4.78 is 0. The first-order valence-corrected chi connectivity index (χ1v) is 9.62. The third-order valence-corrected chi connectivity index (χ3v) is 5.59. The van der Waals surface area contributed by atoms with E-state index in [0.717, 1.165) is 50.4 Å². The molecule has 0 spiro atoms. The van der Waals surface area contributed by atoms with E-state index in [4.69, 9.17) is 0 Å². The van der Waals surface area contributed by atoms with Crippen molar-refractivity contribution < 1.29 is 4.79 Å². The van der Waals surface area contributed by atoms with Gasteiger partial charge in [-0.25, -0.2) is 4.98 Å². The summed E-state index contributed by atoms with van der Waals surface area (Å²) >= 11 is 0. The molecule has 24 heavy (non-hydrogen) atoms. The number of aromatic nitrogens is 1. The van der Waals surface area contributed by atoms with Crippen LogP contribution in [0.2, 0.25) is 0 Å². The van der Waals surface area contributed by atoms with Crippen LogP contribution in [-0.2, 0) is 0 Å². The Morgan fingerprint density at radius 1 is 1.21 bits per heavy atom. The minimum atomic E-state index is 0.167. The quantitative estimate of drug-likeness (QED) is 0.834. The minimum Gasteiger partial charge on any atom is -0.355 e. The fourth-order valence-corrected chi connectivity index (χ4v) is 4.39. The van der Waals surface area contributed by atoms with E-state index >= 15 is 0 Å². The first-order valence-electron chi connectivity index (χ1n) is 9.62. The Morgan fingerprint density at radius 2 is 2.00 bits per heavy atom. The molecule has 0 aromatic carbocycles. The molecule has 0 radical (unpaired) electrons. The second kappa shape index (κ2) is 7.54. The number of anilines is 1. The molecule has 0 saturated carbocycles. The lowest BCUT2D eigenvalue weighted by molar-refractivity contribution is 0.0724. The zero-order valence-corrected chi connectivity index (χ0v) is 15.3. The van der Waals surface area contributed by atoms with Gasteiger partial charge in [0, 0.05) is 32.4 Å². The molecule has 4 nitrogen and oxygen atoms in total. The molecule has 4 heteroatoms. The highest BCUT2D eigenvalue weighted by atomic mass is 16.2. The minimum absolute atomic E-state index is 0.167. The number of piperidine rings is 2. The highest BCUT2D eigenvalue weighted by molar-refractivity contribution is 5.99. The van der Waals surface area contributed by atoms with Gasteiger partial charge in [0.05, 0.1) is 5.56 Å². The highest BCUT2D eigenvalue weighted by Gasteiger charge is 2.33. The molecule has 1 amide bonds. The third-order valence-electron chi connectivity index (χ3n) is 5.59. The van der Waals surface area contributed by atoms with Crippen LogP contribution in [0, 0.1) is 5.41 Å². The Labute approximate surface area is 146 Å². The van der Waals surface area contributed by atoms with Crippen molar-refractivity contribution in [1.29, 1.82) is 0 Å². The molecule has 1 aromatic heterocycles. The molecular weight excluding hydrogens is 298 g/mol. The maximum absolute atomic E-state index is 13.0. The third kappa shape index (κ3) is 3.73. The Hall–Kier alpha value is -1.58. The monoisotopic (exact) mass is 329 g/mol. The second-order valence-corrected chi connectivity index (χ2v) is 7.81. The van der Waals surface area contributed by atoms with E-state index in [2.05, 4.69) is 23.7 Å². The number of hydrogen-bond donors (Lipinski definition) is 0. The summed E-state index contributed by atoms with van der Waals surface area (Å²) in [7, 11) is 0. The van der Waals surface area contributed by atoms with Crippen LogP contribution < -0.4 is 4.90 Å². The van der Waals surface area contributed by atoms with Crippen LogP contribution in [0.25, 0.3) is 0 Å². The summed E-state index contributed by atoms with van der Waals surface area (Å²) in [5, 5.41) is 0. The average Bonchev–Trinajstić information content (AvgIpc) is 2.62. The van der Waals surface area contributed by atoms with E-state index in [9.17, 15) is 4.79 Å². The predicted molar refractivity (Wildman–Crippen MR) is 98.5 cm³/mol. The fraction of sp³-hybridized carbons (Fsp3) is 0.700. The molecule has 2 aliphatic heterocycles. The number of pyridine rings is 1. The largest absolute Gasteiger partial charge is 0.355 e. The van der Waals surface area contributed by atoms with Crippen molar-refractivity contribution in [2.75, 3.05) is 31.1 Å². The Bertz CT molecular complexity index is 564. The molecule has 3 rings (SSSR count). The summed E-state index contributed by atoms with van der Waals surface area (Å²) in [6.07, 6.45) is 10.2. The van der Waals surface area contributed by atoms with Gasteiger partial charge in [-0.1, -0.05) is 20.3 Å². The number of nitrogens with zero attached hydrogens (tertiary/aromatic N) is 3. The molecule has 2 fully saturated rings. The van der Waals surface area contributed by atoms with Crippen molar-refractivity contribution in [1.82, 2.24) is 9.88 Å². The van der Waals surface area contributed by atoms with Gasteiger partial charge < -0.3 is 9.80 Å². The molecule has 1 unspecified atom stereocenters. The first-order chi connectivity index (χ1) is 11.6. The zero-order chi connectivity index (χ0) is 17.0. The van der Waals surface area contributed by atoms with E-state index < -0.39 is 0 Å². The SMILES string of the molecule is CCCC1(C)CCCN(c2ncccc2C(=O)N2CCCCC2)C1. The Balaban J connectivity index is 1.82. The van der Waals surface area contributed by atoms with Gasteiger partial charge >= 0.3 is 0 Å². The number of carbonyl (C=O) groups excluding carboxylic acids is 1. The number of hydrogen-bond acceptors (Lipinski definition) is 3. The van der Waals surface area contributed by atoms with Crippen molar-refractivity contribution >= 4 is 11.7 Å². The molecular formula is C20H31N3O. The highest BCUT2D eigenvalue weighted by Crippen LogP contribution is 2.36. The van der Waals surface area contributed by atoms with Gasteiger partial charge in [0.2, 0.25) is 0 Å². The smallest absolute Gasteiger partial charge is 0.257 e. The van der Waals surface area contributed by atoms with E-state index in [0.29, 0.717) is 5.41 Å². The normalized spacial score (nSPS) is 24.9. The number of rotatable bonds is 4. The van der Waals surface area contributed by atoms with Crippen LogP contribution in [0.15, 0.2) is 18.3 Å². The zero-order valence-electron chi connectivity index (χ0n) is 15.3. The van der Waals surface area contributed by atoms with Crippen molar-refractivity contribution in [2.24, 2.45) is 5.41 Å². The lowest BCUT2D eigenvalue weighted by Gasteiger charge is -2.42. The van der Waals surface area contributed by atoms with Crippen LogP contribution >= 0.6 is 0 Å². The van der Waals surface area contributed by atoms with E-state index in [1.807, 2.05) is 23.2 Å². The van der Waals surface area contributed by atoms with Crippen LogP contribution in [0.1, 0.15) is 69.2 Å². The topological polar surface area (TPSA) is 36.4 Å². The lowest BCUT2D eigenvalue weighted by atomic mass is 9.78. The summed E-state index contributed by atoms with van der Waals surface area (Å²) in [6, 6.07) is 3.86. The number of likely N-dealkylation sites (tertiary alicyclic amines) is 1. The summed E-state index contributed by atoms with van der Waals surface area (Å²) in [4.78, 5) is 22.0. The second-order valence-electron chi connectivity index (χ2n) is 7.81. The molecule has 1 atom stereocenters. The van der Waals surface area contributed by atoms with Gasteiger partial charge in [-0.2, -0.15) is 0 Å². The maximum atomic E-state index is 13.0. The van der Waals surface area contributed by atoms with Crippen LogP contribution in [0.3, 0.4) is 0 Å². The van der Waals surface area contributed by atoms with Gasteiger partial charge in [0.15, 0.2) is 0 Å². The summed E-state index contributed by atoms with van der Waals surface area (Å²) in [5.41, 5.74) is 1.14. The van der Waals surface area contributed by atoms with E-state index in [-0.39, 0.29) is 5.91 Å². The standard InChI is InChI=1S/C20H31N3O/c1-3-10-20(2)11-8-15-23(16-20)18-17(9-7-12-21-18)19(24)22-13-5-4-6-14-22/h7,9,12H,3-6,8,10-11,13-16H2,1-2H3. The molecule has 3 heterocycles. The van der Waals surface area contributed by atoms with Gasteiger partial charge in [-0.15, -0.1) is 0 Å². The summed E-state index contributed by atoms with van der Waals surface area (Å²) in [6.45, 7) is 8.45. The summed E-state index contributed by atoms with van der Waals surface area (Å²) in [5.74, 6) is 1.07. The van der Waals surface area contributed by atoms with E-state index in [1.165, 1.54) is 32.1 Å². The Morgan fingerprint density at radius 3 is 2.75 bits per heavy atom. The predicted octanol–water partition coefficient (Wildman–Crippen LogP) is 4.11. The molecule has 132 valence electrons. The van der Waals surface area contributed by atoms with Crippen LogP contribution in [0.5, 0.6) is 0 Å². The Kier molecular flexibility index (Phi) is 5.42. The van der Waals surface area contributed by atoms with Crippen LogP contribution in [-0.4, -0.2) is 42.0 Å². The van der Waals surface area contributed by atoms with Gasteiger partial charge in [-0.05, 0) is 56.1 Å². The van der Waals surface area contributed by atoms with Gasteiger partial charge in [0.1, 0.15) is 5.82 Å². The maximum Gasteiger partial charge on any atom is 0.257 e. The van der Waals surface area contributed by atoms with Crippen molar-refractivity contribution in [3.63, 3.8) is 0 Å². The molecule has 2 saturated heterocycles. The fourth-order valence-electron chi connectivity index (χ4n) is 4.39. The van der Waals surface area contributed by atoms with Crippen molar-refractivity contribution in [3.8, 4) is 0 Å². The number of carbonyl (C=O) groups is 1. The van der Waals surface area contributed by atoms with Crippen LogP contribution in [0.4, 0.5) is 5.82 Å². The van der Waals surface area contributed by atoms with Gasteiger partial charge in [-0.3, -0.25) is 4.79 Å². The first kappa shape index (κ1) is 17.2. The lowest BCUT2D eigenvalue weighted by Crippen LogP contribution is -2.43. The molecule has 0 N–H and O–H groups in total. The van der Waals surface area contributed by atoms with Crippen molar-refractivity contribution in [3.05, 3.63) is 23.9 Å². The van der Waals surface area contributed by atoms with E-state index in [1.54, 1.807) is 0 Å². The average molecular weight is 329 g/mol.